The van der Waals surface area contributed by atoms with Gasteiger partial charge in [0.2, 0.25) is 0 Å². The Bertz CT molecular complexity index is 340. The number of benzene rings is 1. The van der Waals surface area contributed by atoms with E-state index in [9.17, 15) is 9.90 Å². The highest BCUT2D eigenvalue weighted by Crippen LogP contribution is 2.10. The largest absolute Gasteiger partial charge is 0.459 e. The maximum Gasteiger partial charge on any atom is 0.338 e. The van der Waals surface area contributed by atoms with Gasteiger partial charge >= 0.3 is 5.97 Å². The van der Waals surface area contributed by atoms with Crippen LogP contribution in [-0.2, 0) is 4.74 Å². The molecule has 0 aromatic heterocycles. The fourth-order valence-corrected chi connectivity index (χ4v) is 2.10. The van der Waals surface area contributed by atoms with E-state index in [-0.39, 0.29) is 18.5 Å². The molecule has 0 saturated heterocycles. The van der Waals surface area contributed by atoms with Crippen molar-refractivity contribution in [1.29, 1.82) is 0 Å². The first-order chi connectivity index (χ1) is 8.15. The first-order valence-electron chi connectivity index (χ1n) is 5.54. The van der Waals surface area contributed by atoms with Crippen molar-refractivity contribution in [3.05, 3.63) is 35.9 Å². The Morgan fingerprint density at radius 2 is 2.06 bits per heavy atom. The highest BCUT2D eigenvalue weighted by atomic mass is 32.2. The Kier molecular flexibility index (Phi) is 6.08. The van der Waals surface area contributed by atoms with Crippen LogP contribution in [0.5, 0.6) is 0 Å². The summed E-state index contributed by atoms with van der Waals surface area (Å²) in [6, 6.07) is 8.79. The molecule has 1 aromatic rings. The molecule has 94 valence electrons. The molecule has 0 radical (unpaired) electrons. The second kappa shape index (κ2) is 7.35. The van der Waals surface area contributed by atoms with Crippen molar-refractivity contribution in [2.45, 2.75) is 13.0 Å². The van der Waals surface area contributed by atoms with Gasteiger partial charge in [-0.05, 0) is 30.1 Å². The Hall–Kier alpha value is -1.00. The van der Waals surface area contributed by atoms with Gasteiger partial charge in [-0.25, -0.2) is 4.79 Å². The van der Waals surface area contributed by atoms with Gasteiger partial charge in [0, 0.05) is 0 Å². The summed E-state index contributed by atoms with van der Waals surface area (Å²) >= 11 is 1.67. The molecule has 1 N–H and O–H groups in total. The molecule has 4 heteroatoms. The third-order valence-electron chi connectivity index (χ3n) is 2.48. The third kappa shape index (κ3) is 4.79. The molecule has 0 aliphatic carbocycles. The first kappa shape index (κ1) is 14.1. The van der Waals surface area contributed by atoms with E-state index in [4.69, 9.17) is 4.74 Å². The summed E-state index contributed by atoms with van der Waals surface area (Å²) in [5, 5.41) is 9.75. The molecule has 0 fully saturated rings. The van der Waals surface area contributed by atoms with Gasteiger partial charge in [-0.3, -0.25) is 0 Å². The number of carbonyl (C=O) groups is 1. The van der Waals surface area contributed by atoms with Crippen LogP contribution < -0.4 is 0 Å². The van der Waals surface area contributed by atoms with Gasteiger partial charge in [-0.1, -0.05) is 25.1 Å². The Morgan fingerprint density at radius 1 is 1.41 bits per heavy atom. The molecule has 0 unspecified atom stereocenters. The lowest BCUT2D eigenvalue weighted by molar-refractivity contribution is 0.0143. The molecule has 0 saturated carbocycles. The van der Waals surface area contributed by atoms with Crippen LogP contribution in [0.4, 0.5) is 0 Å². The van der Waals surface area contributed by atoms with Crippen molar-refractivity contribution in [2.24, 2.45) is 5.92 Å². The van der Waals surface area contributed by atoms with Crippen molar-refractivity contribution in [3.63, 3.8) is 0 Å². The number of thioether (sulfide) groups is 1. The monoisotopic (exact) mass is 254 g/mol. The van der Waals surface area contributed by atoms with Crippen molar-refractivity contribution in [2.75, 3.05) is 18.6 Å². The van der Waals surface area contributed by atoms with Crippen LogP contribution in [0.3, 0.4) is 0 Å². The molecule has 0 spiro atoms. The lowest BCUT2D eigenvalue weighted by Crippen LogP contribution is -2.26. The Morgan fingerprint density at radius 3 is 2.65 bits per heavy atom. The zero-order valence-corrected chi connectivity index (χ0v) is 10.9. The predicted octanol–water partition coefficient (Wildman–Crippen LogP) is 2.20. The molecule has 0 aliphatic rings. The van der Waals surface area contributed by atoms with Crippen LogP contribution in [0.2, 0.25) is 0 Å². The van der Waals surface area contributed by atoms with Gasteiger partial charge in [0.15, 0.2) is 0 Å². The predicted molar refractivity (Wildman–Crippen MR) is 70.3 cm³/mol. The minimum Gasteiger partial charge on any atom is -0.459 e. The minimum absolute atomic E-state index is 0.0510. The van der Waals surface area contributed by atoms with E-state index in [1.54, 1.807) is 36.0 Å². The van der Waals surface area contributed by atoms with E-state index >= 15 is 0 Å². The average Bonchev–Trinajstić information content (AvgIpc) is 2.36. The lowest BCUT2D eigenvalue weighted by atomic mass is 10.1. The van der Waals surface area contributed by atoms with E-state index in [0.717, 1.165) is 5.75 Å². The molecule has 3 nitrogen and oxygen atoms in total. The Balaban J connectivity index is 2.38. The summed E-state index contributed by atoms with van der Waals surface area (Å²) in [5.41, 5.74) is 0.511. The second-order valence-corrected chi connectivity index (χ2v) is 4.88. The summed E-state index contributed by atoms with van der Waals surface area (Å²) in [6.07, 6.45) is 1.38. The van der Waals surface area contributed by atoms with Gasteiger partial charge in [-0.2, -0.15) is 11.8 Å². The number of aliphatic hydroxyl groups excluding tert-OH is 1. The number of hydrogen-bond acceptors (Lipinski definition) is 4. The standard InChI is InChI=1S/C13H18O3S/c1-10(9-17-2)12(14)8-16-13(15)11-6-4-3-5-7-11/h3-7,10,12,14H,8-9H2,1-2H3/t10-,12-/m0/s1. The highest BCUT2D eigenvalue weighted by Gasteiger charge is 2.16. The smallest absolute Gasteiger partial charge is 0.338 e. The summed E-state index contributed by atoms with van der Waals surface area (Å²) in [6.45, 7) is 1.99. The molecule has 0 amide bonds. The first-order valence-corrected chi connectivity index (χ1v) is 6.93. The van der Waals surface area contributed by atoms with Crippen LogP contribution in [0.25, 0.3) is 0 Å². The third-order valence-corrected chi connectivity index (χ3v) is 3.34. The van der Waals surface area contributed by atoms with Gasteiger partial charge in [0.1, 0.15) is 6.61 Å². The molecular formula is C13H18O3S. The van der Waals surface area contributed by atoms with Gasteiger partial charge in [-0.15, -0.1) is 0 Å². The number of ether oxygens (including phenoxy) is 1. The number of esters is 1. The summed E-state index contributed by atoms with van der Waals surface area (Å²) in [5.74, 6) is 0.582. The topological polar surface area (TPSA) is 46.5 Å². The average molecular weight is 254 g/mol. The van der Waals surface area contributed by atoms with Gasteiger partial charge in [0.25, 0.3) is 0 Å². The Labute approximate surface area is 106 Å². The SMILES string of the molecule is CSC[C@H](C)[C@@H](O)COC(=O)c1ccccc1. The van der Waals surface area contributed by atoms with Crippen LogP contribution in [0.15, 0.2) is 30.3 Å². The van der Waals surface area contributed by atoms with E-state index in [1.807, 2.05) is 19.2 Å². The maximum absolute atomic E-state index is 11.6. The number of hydrogen-bond donors (Lipinski definition) is 1. The van der Waals surface area contributed by atoms with Crippen molar-refractivity contribution in [3.8, 4) is 0 Å². The van der Waals surface area contributed by atoms with Crippen LogP contribution in [0, 0.1) is 5.92 Å². The van der Waals surface area contributed by atoms with Crippen LogP contribution >= 0.6 is 11.8 Å². The quantitative estimate of drug-likeness (QED) is 0.791. The number of carbonyl (C=O) groups excluding carboxylic acids is 1. The normalized spacial score (nSPS) is 14.1. The van der Waals surface area contributed by atoms with Gasteiger partial charge < -0.3 is 9.84 Å². The fourth-order valence-electron chi connectivity index (χ4n) is 1.36. The molecule has 2 atom stereocenters. The summed E-state index contributed by atoms with van der Waals surface area (Å²) < 4.78 is 5.06. The second-order valence-electron chi connectivity index (χ2n) is 3.96. The highest BCUT2D eigenvalue weighted by molar-refractivity contribution is 7.98. The van der Waals surface area contributed by atoms with Gasteiger partial charge in [0.05, 0.1) is 11.7 Å². The minimum atomic E-state index is -0.602. The molecule has 0 bridgehead atoms. The van der Waals surface area contributed by atoms with Crippen LogP contribution in [0.1, 0.15) is 17.3 Å². The lowest BCUT2D eigenvalue weighted by Gasteiger charge is -2.17. The zero-order chi connectivity index (χ0) is 12.7. The van der Waals surface area contributed by atoms with E-state index in [1.165, 1.54) is 0 Å². The molecule has 17 heavy (non-hydrogen) atoms. The number of rotatable bonds is 6. The summed E-state index contributed by atoms with van der Waals surface area (Å²) in [4.78, 5) is 11.6. The van der Waals surface area contributed by atoms with Crippen LogP contribution in [-0.4, -0.2) is 35.8 Å². The molecule has 1 rings (SSSR count). The van der Waals surface area contributed by atoms with E-state index < -0.39 is 6.10 Å². The summed E-state index contributed by atoms with van der Waals surface area (Å²) in [7, 11) is 0. The zero-order valence-electron chi connectivity index (χ0n) is 10.1. The molecular weight excluding hydrogens is 236 g/mol. The van der Waals surface area contributed by atoms with E-state index in [2.05, 4.69) is 0 Å². The molecule has 0 heterocycles. The maximum atomic E-state index is 11.6. The van der Waals surface area contributed by atoms with Crippen molar-refractivity contribution < 1.29 is 14.6 Å². The fraction of sp³-hybridized carbons (Fsp3) is 0.462. The van der Waals surface area contributed by atoms with Crippen molar-refractivity contribution >= 4 is 17.7 Å². The molecule has 1 aromatic carbocycles. The van der Waals surface area contributed by atoms with E-state index in [0.29, 0.717) is 5.56 Å². The molecule has 0 aliphatic heterocycles. The van der Waals surface area contributed by atoms with Crippen molar-refractivity contribution in [1.82, 2.24) is 0 Å². The number of aliphatic hydroxyl groups is 1.